The van der Waals surface area contributed by atoms with Crippen LogP contribution in [0, 0.1) is 0 Å². The lowest BCUT2D eigenvalue weighted by atomic mass is 10.0. The van der Waals surface area contributed by atoms with E-state index >= 15 is 0 Å². The van der Waals surface area contributed by atoms with Crippen LogP contribution < -0.4 is 0 Å². The maximum Gasteiger partial charge on any atom is 0.0635 e. The normalized spacial score (nSPS) is 28.2. The van der Waals surface area contributed by atoms with Gasteiger partial charge in [0.1, 0.15) is 0 Å². The molecule has 0 aromatic carbocycles. The number of aromatic nitrogens is 2. The van der Waals surface area contributed by atoms with Crippen LogP contribution in [0.5, 0.6) is 0 Å². The Hall–Kier alpha value is -0.0200. The Balaban J connectivity index is 2.33. The highest BCUT2D eigenvalue weighted by Crippen LogP contribution is 2.40. The Labute approximate surface area is 91.4 Å². The molecule has 0 amide bonds. The number of halogens is 2. The fourth-order valence-corrected chi connectivity index (χ4v) is 3.10. The molecular formula is C9H12BrClN2. The van der Waals surface area contributed by atoms with E-state index in [1.54, 1.807) is 0 Å². The zero-order chi connectivity index (χ0) is 9.42. The monoisotopic (exact) mass is 262 g/mol. The first-order valence-corrected chi connectivity index (χ1v) is 5.74. The summed E-state index contributed by atoms with van der Waals surface area (Å²) in [6.45, 7) is 0. The van der Waals surface area contributed by atoms with Crippen LogP contribution in [0.25, 0.3) is 0 Å². The van der Waals surface area contributed by atoms with Crippen LogP contribution in [0.15, 0.2) is 10.7 Å². The van der Waals surface area contributed by atoms with Gasteiger partial charge in [-0.3, -0.25) is 4.68 Å². The zero-order valence-corrected chi connectivity index (χ0v) is 9.85. The molecule has 13 heavy (non-hydrogen) atoms. The highest BCUT2D eigenvalue weighted by Gasteiger charge is 2.30. The smallest absolute Gasteiger partial charge is 0.0635 e. The van der Waals surface area contributed by atoms with Crippen molar-refractivity contribution < 1.29 is 0 Å². The molecule has 2 nitrogen and oxygen atoms in total. The van der Waals surface area contributed by atoms with Gasteiger partial charge in [0.15, 0.2) is 0 Å². The lowest BCUT2D eigenvalue weighted by Gasteiger charge is -2.14. The Morgan fingerprint density at radius 2 is 2.38 bits per heavy atom. The topological polar surface area (TPSA) is 17.8 Å². The van der Waals surface area contributed by atoms with Gasteiger partial charge in [0.2, 0.25) is 0 Å². The predicted molar refractivity (Wildman–Crippen MR) is 57.1 cm³/mol. The van der Waals surface area contributed by atoms with Crippen molar-refractivity contribution in [2.45, 2.75) is 30.6 Å². The Bertz CT molecular complexity index is 291. The molecule has 72 valence electrons. The van der Waals surface area contributed by atoms with Gasteiger partial charge in [0, 0.05) is 18.3 Å². The van der Waals surface area contributed by atoms with Gasteiger partial charge in [-0.25, -0.2) is 0 Å². The van der Waals surface area contributed by atoms with Gasteiger partial charge in [0.05, 0.1) is 16.4 Å². The summed E-state index contributed by atoms with van der Waals surface area (Å²) in [4.78, 5) is 0. The predicted octanol–water partition coefficient (Wildman–Crippen LogP) is 3.06. The quantitative estimate of drug-likeness (QED) is 0.712. The molecule has 0 saturated heterocycles. The Morgan fingerprint density at radius 3 is 2.85 bits per heavy atom. The molecule has 0 aliphatic heterocycles. The molecule has 0 N–H and O–H groups in total. The Kier molecular flexibility index (Phi) is 2.65. The van der Waals surface area contributed by atoms with Crippen LogP contribution in [0.1, 0.15) is 30.9 Å². The lowest BCUT2D eigenvalue weighted by Crippen LogP contribution is -2.10. The first-order valence-electron chi connectivity index (χ1n) is 4.51. The van der Waals surface area contributed by atoms with Gasteiger partial charge in [-0.15, -0.1) is 11.6 Å². The first-order chi connectivity index (χ1) is 6.20. The molecule has 1 fully saturated rings. The van der Waals surface area contributed by atoms with Gasteiger partial charge in [-0.05, 0) is 28.8 Å². The number of aryl methyl sites for hydroxylation is 1. The molecule has 0 spiro atoms. The van der Waals surface area contributed by atoms with Gasteiger partial charge in [0.25, 0.3) is 0 Å². The number of hydrogen-bond donors (Lipinski definition) is 0. The average Bonchev–Trinajstić information content (AvgIpc) is 2.60. The summed E-state index contributed by atoms with van der Waals surface area (Å²) in [6, 6.07) is 0. The van der Waals surface area contributed by atoms with Gasteiger partial charge in [-0.2, -0.15) is 5.10 Å². The van der Waals surface area contributed by atoms with E-state index in [1.165, 1.54) is 18.5 Å². The van der Waals surface area contributed by atoms with E-state index < -0.39 is 0 Å². The van der Waals surface area contributed by atoms with Crippen LogP contribution in [0.2, 0.25) is 0 Å². The summed E-state index contributed by atoms with van der Waals surface area (Å²) in [5, 5.41) is 4.49. The van der Waals surface area contributed by atoms with Gasteiger partial charge < -0.3 is 0 Å². The fraction of sp³-hybridized carbons (Fsp3) is 0.667. The molecule has 4 heteroatoms. The van der Waals surface area contributed by atoms with E-state index in [9.17, 15) is 0 Å². The number of rotatable bonds is 1. The second kappa shape index (κ2) is 3.62. The third kappa shape index (κ3) is 1.64. The minimum absolute atomic E-state index is 0.284. The van der Waals surface area contributed by atoms with Gasteiger partial charge >= 0.3 is 0 Å². The average molecular weight is 264 g/mol. The SMILES string of the molecule is Cn1ncc(Br)c1C1CCCC1Cl. The zero-order valence-electron chi connectivity index (χ0n) is 7.50. The summed E-state index contributed by atoms with van der Waals surface area (Å²) < 4.78 is 3.02. The van der Waals surface area contributed by atoms with E-state index in [2.05, 4.69) is 21.0 Å². The Morgan fingerprint density at radius 1 is 1.62 bits per heavy atom. The molecule has 2 rings (SSSR count). The van der Waals surface area contributed by atoms with E-state index in [0.717, 1.165) is 10.9 Å². The number of alkyl halides is 1. The van der Waals surface area contributed by atoms with E-state index in [-0.39, 0.29) is 5.38 Å². The maximum absolute atomic E-state index is 6.25. The third-order valence-electron chi connectivity index (χ3n) is 2.72. The summed E-state index contributed by atoms with van der Waals surface area (Å²) in [5.74, 6) is 0.476. The molecule has 1 aromatic heterocycles. The van der Waals surface area contributed by atoms with Crippen LogP contribution in [0.4, 0.5) is 0 Å². The van der Waals surface area contributed by atoms with Crippen molar-refractivity contribution in [3.8, 4) is 0 Å². The summed E-state index contributed by atoms with van der Waals surface area (Å²) in [7, 11) is 1.97. The lowest BCUT2D eigenvalue weighted by molar-refractivity contribution is 0.619. The molecule has 1 aliphatic carbocycles. The fourth-order valence-electron chi connectivity index (χ4n) is 2.06. The van der Waals surface area contributed by atoms with Crippen molar-refractivity contribution in [2.24, 2.45) is 7.05 Å². The second-order valence-corrected chi connectivity index (χ2v) is 4.97. The second-order valence-electron chi connectivity index (χ2n) is 3.55. The van der Waals surface area contributed by atoms with Gasteiger partial charge in [-0.1, -0.05) is 6.42 Å². The van der Waals surface area contributed by atoms with Crippen LogP contribution in [0.3, 0.4) is 0 Å². The molecule has 1 saturated carbocycles. The van der Waals surface area contributed by atoms with Crippen molar-refractivity contribution in [3.63, 3.8) is 0 Å². The summed E-state index contributed by atoms with van der Waals surface area (Å²) in [6.07, 6.45) is 5.39. The standard InChI is InChI=1S/C9H12BrClN2/c1-13-9(7(10)5-12-13)6-3-2-4-8(6)11/h5-6,8H,2-4H2,1H3. The molecule has 0 radical (unpaired) electrons. The van der Waals surface area contributed by atoms with E-state index in [4.69, 9.17) is 11.6 Å². The molecular weight excluding hydrogens is 251 g/mol. The van der Waals surface area contributed by atoms with Crippen molar-refractivity contribution in [1.29, 1.82) is 0 Å². The number of nitrogens with zero attached hydrogens (tertiary/aromatic N) is 2. The van der Waals surface area contributed by atoms with Crippen LogP contribution in [-0.2, 0) is 7.05 Å². The molecule has 1 aromatic rings. The van der Waals surface area contributed by atoms with E-state index in [1.807, 2.05) is 17.9 Å². The third-order valence-corrected chi connectivity index (χ3v) is 3.85. The van der Waals surface area contributed by atoms with Crippen molar-refractivity contribution in [3.05, 3.63) is 16.4 Å². The van der Waals surface area contributed by atoms with E-state index in [0.29, 0.717) is 5.92 Å². The minimum Gasteiger partial charge on any atom is -0.271 e. The number of hydrogen-bond acceptors (Lipinski definition) is 1. The molecule has 1 heterocycles. The van der Waals surface area contributed by atoms with Crippen LogP contribution >= 0.6 is 27.5 Å². The van der Waals surface area contributed by atoms with Crippen molar-refractivity contribution >= 4 is 27.5 Å². The van der Waals surface area contributed by atoms with Crippen molar-refractivity contribution in [1.82, 2.24) is 9.78 Å². The van der Waals surface area contributed by atoms with Crippen LogP contribution in [-0.4, -0.2) is 15.2 Å². The first kappa shape index (κ1) is 9.53. The molecule has 2 unspecified atom stereocenters. The molecule has 2 atom stereocenters. The molecule has 0 bridgehead atoms. The highest BCUT2D eigenvalue weighted by molar-refractivity contribution is 9.10. The summed E-state index contributed by atoms with van der Waals surface area (Å²) >= 11 is 9.76. The molecule has 1 aliphatic rings. The summed E-state index contributed by atoms with van der Waals surface area (Å²) in [5.41, 5.74) is 1.25. The largest absolute Gasteiger partial charge is 0.271 e. The maximum atomic E-state index is 6.25. The highest BCUT2D eigenvalue weighted by atomic mass is 79.9. The minimum atomic E-state index is 0.284. The van der Waals surface area contributed by atoms with Crippen molar-refractivity contribution in [2.75, 3.05) is 0 Å².